The minimum absolute atomic E-state index is 0. The maximum absolute atomic E-state index is 12.0. The Morgan fingerprint density at radius 2 is 2.14 bits per heavy atom. The fourth-order valence-electron chi connectivity index (χ4n) is 2.18. The Bertz CT molecular complexity index is 458. The van der Waals surface area contributed by atoms with Crippen LogP contribution in [0.5, 0.6) is 5.75 Å². The van der Waals surface area contributed by atoms with E-state index in [-0.39, 0.29) is 30.4 Å². The van der Waals surface area contributed by atoms with Crippen molar-refractivity contribution in [2.45, 2.75) is 32.9 Å². The SMILES string of the molecule is Cc1cccc(C)c1OCC(C)NC(=O)C1CSCN1.Cl. The second kappa shape index (κ2) is 8.51. The molecule has 1 aromatic rings. The van der Waals surface area contributed by atoms with Gasteiger partial charge in [0.2, 0.25) is 5.91 Å². The van der Waals surface area contributed by atoms with Gasteiger partial charge in [-0.25, -0.2) is 0 Å². The van der Waals surface area contributed by atoms with Gasteiger partial charge >= 0.3 is 0 Å². The number of carbonyl (C=O) groups is 1. The van der Waals surface area contributed by atoms with E-state index in [4.69, 9.17) is 4.74 Å². The third-order valence-electron chi connectivity index (χ3n) is 3.31. The molecule has 2 N–H and O–H groups in total. The minimum Gasteiger partial charge on any atom is -0.491 e. The Balaban J connectivity index is 0.00000220. The monoisotopic (exact) mass is 330 g/mol. The number of hydrogen-bond donors (Lipinski definition) is 2. The Kier molecular flexibility index (Phi) is 7.35. The minimum atomic E-state index is -0.0670. The van der Waals surface area contributed by atoms with Crippen molar-refractivity contribution in [3.8, 4) is 5.75 Å². The predicted molar refractivity (Wildman–Crippen MR) is 90.5 cm³/mol. The molecule has 2 atom stereocenters. The van der Waals surface area contributed by atoms with Gasteiger partial charge in [-0.2, -0.15) is 0 Å². The Labute approximate surface area is 136 Å². The first-order valence-electron chi connectivity index (χ1n) is 6.88. The molecule has 0 aromatic heterocycles. The molecule has 0 radical (unpaired) electrons. The fourth-order valence-corrected chi connectivity index (χ4v) is 3.13. The van der Waals surface area contributed by atoms with Crippen LogP contribution in [0.2, 0.25) is 0 Å². The molecule has 1 aromatic carbocycles. The molecule has 1 saturated heterocycles. The zero-order chi connectivity index (χ0) is 14.5. The summed E-state index contributed by atoms with van der Waals surface area (Å²) in [4.78, 5) is 12.0. The second-order valence-electron chi connectivity index (χ2n) is 5.21. The van der Waals surface area contributed by atoms with E-state index in [2.05, 4.69) is 10.6 Å². The van der Waals surface area contributed by atoms with Gasteiger partial charge in [0.05, 0.1) is 12.1 Å². The molecule has 1 heterocycles. The van der Waals surface area contributed by atoms with Crippen molar-refractivity contribution >= 4 is 30.1 Å². The predicted octanol–water partition coefficient (Wildman–Crippen LogP) is 2.27. The van der Waals surface area contributed by atoms with Gasteiger partial charge in [0.15, 0.2) is 0 Å². The van der Waals surface area contributed by atoms with Crippen molar-refractivity contribution in [1.82, 2.24) is 10.6 Å². The van der Waals surface area contributed by atoms with E-state index in [0.717, 1.165) is 28.5 Å². The van der Waals surface area contributed by atoms with Crippen molar-refractivity contribution < 1.29 is 9.53 Å². The number of amides is 1. The topological polar surface area (TPSA) is 50.4 Å². The largest absolute Gasteiger partial charge is 0.491 e. The van der Waals surface area contributed by atoms with Crippen LogP contribution in [0.25, 0.3) is 0 Å². The van der Waals surface area contributed by atoms with E-state index in [1.54, 1.807) is 11.8 Å². The van der Waals surface area contributed by atoms with E-state index in [1.807, 2.05) is 39.0 Å². The number of aryl methyl sites for hydroxylation is 2. The van der Waals surface area contributed by atoms with E-state index >= 15 is 0 Å². The van der Waals surface area contributed by atoms with Gasteiger partial charge in [-0.3, -0.25) is 10.1 Å². The molecule has 0 spiro atoms. The number of hydrogen-bond acceptors (Lipinski definition) is 4. The highest BCUT2D eigenvalue weighted by Gasteiger charge is 2.23. The maximum Gasteiger partial charge on any atom is 0.238 e. The average molecular weight is 331 g/mol. The van der Waals surface area contributed by atoms with E-state index in [1.165, 1.54) is 0 Å². The lowest BCUT2D eigenvalue weighted by Crippen LogP contribution is -2.47. The molecule has 0 aliphatic carbocycles. The van der Waals surface area contributed by atoms with E-state index in [0.29, 0.717) is 6.61 Å². The lowest BCUT2D eigenvalue weighted by Gasteiger charge is -2.19. The van der Waals surface area contributed by atoms with E-state index < -0.39 is 0 Å². The molecule has 0 bridgehead atoms. The van der Waals surface area contributed by atoms with Crippen LogP contribution in [0, 0.1) is 13.8 Å². The smallest absolute Gasteiger partial charge is 0.238 e. The Morgan fingerprint density at radius 1 is 1.48 bits per heavy atom. The average Bonchev–Trinajstić information content (AvgIpc) is 2.92. The van der Waals surface area contributed by atoms with Crippen LogP contribution in [-0.2, 0) is 4.79 Å². The van der Waals surface area contributed by atoms with E-state index in [9.17, 15) is 4.79 Å². The molecule has 1 fully saturated rings. The molecule has 1 aliphatic heterocycles. The first-order chi connectivity index (χ1) is 9.58. The van der Waals surface area contributed by atoms with Crippen LogP contribution >= 0.6 is 24.2 Å². The normalized spacial score (nSPS) is 18.7. The van der Waals surface area contributed by atoms with Crippen molar-refractivity contribution in [3.63, 3.8) is 0 Å². The van der Waals surface area contributed by atoms with Gasteiger partial charge in [0.1, 0.15) is 12.4 Å². The third kappa shape index (κ3) is 5.09. The number of halogens is 1. The Morgan fingerprint density at radius 3 is 2.71 bits per heavy atom. The molecular formula is C15H23ClN2O2S. The van der Waals surface area contributed by atoms with Gasteiger partial charge < -0.3 is 10.1 Å². The lowest BCUT2D eigenvalue weighted by atomic mass is 10.1. The van der Waals surface area contributed by atoms with Crippen molar-refractivity contribution in [1.29, 1.82) is 0 Å². The van der Waals surface area contributed by atoms with Crippen LogP contribution in [0.1, 0.15) is 18.1 Å². The van der Waals surface area contributed by atoms with Crippen LogP contribution in [0.3, 0.4) is 0 Å². The van der Waals surface area contributed by atoms with Crippen LogP contribution in [-0.4, -0.2) is 36.2 Å². The molecule has 0 saturated carbocycles. The first kappa shape index (κ1) is 18.1. The number of para-hydroxylation sites is 1. The van der Waals surface area contributed by atoms with Gasteiger partial charge in [0.25, 0.3) is 0 Å². The number of nitrogens with one attached hydrogen (secondary N) is 2. The molecule has 2 rings (SSSR count). The Hall–Kier alpha value is -0.910. The van der Waals surface area contributed by atoms with Gasteiger partial charge in [0, 0.05) is 11.6 Å². The summed E-state index contributed by atoms with van der Waals surface area (Å²) in [5.74, 6) is 2.68. The van der Waals surface area contributed by atoms with Crippen molar-refractivity contribution in [2.24, 2.45) is 0 Å². The number of thioether (sulfide) groups is 1. The van der Waals surface area contributed by atoms with Crippen LogP contribution in [0.15, 0.2) is 18.2 Å². The number of benzene rings is 1. The molecule has 2 unspecified atom stereocenters. The van der Waals surface area contributed by atoms with Crippen molar-refractivity contribution in [3.05, 3.63) is 29.3 Å². The molecule has 4 nitrogen and oxygen atoms in total. The zero-order valence-electron chi connectivity index (χ0n) is 12.6. The fraction of sp³-hybridized carbons (Fsp3) is 0.533. The maximum atomic E-state index is 12.0. The highest BCUT2D eigenvalue weighted by molar-refractivity contribution is 7.99. The van der Waals surface area contributed by atoms with Crippen LogP contribution < -0.4 is 15.4 Å². The molecule has 1 aliphatic rings. The molecular weight excluding hydrogens is 308 g/mol. The standard InChI is InChI=1S/C15H22N2O2S.ClH/c1-10-5-4-6-11(2)14(10)19-7-12(3)17-15(18)13-8-20-9-16-13;/h4-6,12-13,16H,7-9H2,1-3H3,(H,17,18);1H. The third-order valence-corrected chi connectivity index (χ3v) is 4.25. The summed E-state index contributed by atoms with van der Waals surface area (Å²) in [6.07, 6.45) is 0. The number of ether oxygens (including phenoxy) is 1. The van der Waals surface area contributed by atoms with Crippen molar-refractivity contribution in [2.75, 3.05) is 18.2 Å². The highest BCUT2D eigenvalue weighted by atomic mass is 35.5. The summed E-state index contributed by atoms with van der Waals surface area (Å²) in [6, 6.07) is 6.01. The number of rotatable bonds is 5. The molecule has 118 valence electrons. The summed E-state index contributed by atoms with van der Waals surface area (Å²) in [7, 11) is 0. The second-order valence-corrected chi connectivity index (χ2v) is 6.24. The zero-order valence-corrected chi connectivity index (χ0v) is 14.3. The van der Waals surface area contributed by atoms with Gasteiger partial charge in [-0.15, -0.1) is 24.2 Å². The summed E-state index contributed by atoms with van der Waals surface area (Å²) in [6.45, 7) is 6.52. The lowest BCUT2D eigenvalue weighted by molar-refractivity contribution is -0.123. The molecule has 6 heteroatoms. The van der Waals surface area contributed by atoms with Crippen LogP contribution in [0.4, 0.5) is 0 Å². The molecule has 1 amide bonds. The molecule has 21 heavy (non-hydrogen) atoms. The summed E-state index contributed by atoms with van der Waals surface area (Å²) in [5.41, 5.74) is 2.25. The summed E-state index contributed by atoms with van der Waals surface area (Å²) in [5, 5.41) is 6.16. The summed E-state index contributed by atoms with van der Waals surface area (Å²) >= 11 is 1.75. The highest BCUT2D eigenvalue weighted by Crippen LogP contribution is 2.22. The quantitative estimate of drug-likeness (QED) is 0.869. The first-order valence-corrected chi connectivity index (χ1v) is 8.04. The number of carbonyl (C=O) groups excluding carboxylic acids is 1. The van der Waals surface area contributed by atoms with Gasteiger partial charge in [-0.05, 0) is 31.9 Å². The summed E-state index contributed by atoms with van der Waals surface area (Å²) < 4.78 is 5.85. The van der Waals surface area contributed by atoms with Gasteiger partial charge in [-0.1, -0.05) is 18.2 Å².